The molecule has 0 aliphatic heterocycles. The molecule has 0 aromatic heterocycles. The van der Waals surface area contributed by atoms with Crippen LogP contribution >= 0.6 is 24.0 Å². The van der Waals surface area contributed by atoms with Crippen LogP contribution in [0.3, 0.4) is 0 Å². The van der Waals surface area contributed by atoms with Crippen molar-refractivity contribution in [2.45, 2.75) is 20.3 Å². The topological polar surface area (TPSA) is 54.9 Å². The van der Waals surface area contributed by atoms with E-state index in [1.165, 1.54) is 5.56 Å². The van der Waals surface area contributed by atoms with Gasteiger partial charge in [0.25, 0.3) is 0 Å². The van der Waals surface area contributed by atoms with Gasteiger partial charge in [-0.3, -0.25) is 4.99 Å². The van der Waals surface area contributed by atoms with Gasteiger partial charge in [-0.25, -0.2) is 0 Å². The van der Waals surface area contributed by atoms with Crippen molar-refractivity contribution in [2.75, 3.05) is 33.9 Å². The summed E-state index contributed by atoms with van der Waals surface area (Å²) in [5, 5.41) is 6.41. The molecule has 0 heterocycles. The van der Waals surface area contributed by atoms with Gasteiger partial charge in [0, 0.05) is 19.6 Å². The van der Waals surface area contributed by atoms with E-state index in [1.54, 1.807) is 14.2 Å². The lowest BCUT2D eigenvalue weighted by Gasteiger charge is -2.10. The minimum atomic E-state index is 0. The van der Waals surface area contributed by atoms with Crippen molar-refractivity contribution >= 4 is 29.9 Å². The van der Waals surface area contributed by atoms with Gasteiger partial charge in [-0.15, -0.1) is 24.0 Å². The first kappa shape index (κ1) is 19.8. The smallest absolute Gasteiger partial charge is 0.191 e. The number of guanidine groups is 1. The van der Waals surface area contributed by atoms with Crippen molar-refractivity contribution in [3.8, 4) is 11.5 Å². The first-order chi connectivity index (χ1) is 9.74. The van der Waals surface area contributed by atoms with Crippen LogP contribution in [0.25, 0.3) is 0 Å². The van der Waals surface area contributed by atoms with E-state index in [9.17, 15) is 0 Å². The third kappa shape index (κ3) is 6.88. The second kappa shape index (κ2) is 11.5. The molecule has 1 rings (SSSR count). The summed E-state index contributed by atoms with van der Waals surface area (Å²) < 4.78 is 10.5. The van der Waals surface area contributed by atoms with Crippen molar-refractivity contribution in [1.82, 2.24) is 10.6 Å². The Kier molecular flexibility index (Phi) is 10.8. The van der Waals surface area contributed by atoms with E-state index in [4.69, 9.17) is 9.47 Å². The second-order valence-corrected chi connectivity index (χ2v) is 4.23. The average Bonchev–Trinajstić information content (AvgIpc) is 2.47. The zero-order chi connectivity index (χ0) is 14.8. The van der Waals surface area contributed by atoms with E-state index < -0.39 is 0 Å². The van der Waals surface area contributed by atoms with E-state index in [-0.39, 0.29) is 24.0 Å². The Bertz CT molecular complexity index is 431. The Morgan fingerprint density at radius 1 is 1.05 bits per heavy atom. The van der Waals surface area contributed by atoms with Crippen molar-refractivity contribution in [3.05, 3.63) is 23.8 Å². The zero-order valence-electron chi connectivity index (χ0n) is 13.2. The van der Waals surface area contributed by atoms with Gasteiger partial charge in [0.2, 0.25) is 0 Å². The Hall–Kier alpha value is -1.18. The minimum absolute atomic E-state index is 0. The molecule has 21 heavy (non-hydrogen) atoms. The van der Waals surface area contributed by atoms with Gasteiger partial charge in [-0.2, -0.15) is 0 Å². The predicted octanol–water partition coefficient (Wildman–Crippen LogP) is 2.44. The summed E-state index contributed by atoms with van der Waals surface area (Å²) in [6, 6.07) is 5.96. The molecule has 0 aliphatic rings. The van der Waals surface area contributed by atoms with Gasteiger partial charge >= 0.3 is 0 Å². The molecule has 5 nitrogen and oxygen atoms in total. The number of aliphatic imine (C=N–C) groups is 1. The Morgan fingerprint density at radius 3 is 2.19 bits per heavy atom. The zero-order valence-corrected chi connectivity index (χ0v) is 15.6. The molecule has 120 valence electrons. The largest absolute Gasteiger partial charge is 0.493 e. The highest BCUT2D eigenvalue weighted by atomic mass is 127. The lowest BCUT2D eigenvalue weighted by atomic mass is 10.1. The maximum atomic E-state index is 5.30. The van der Waals surface area contributed by atoms with E-state index in [0.29, 0.717) is 0 Å². The average molecular weight is 407 g/mol. The van der Waals surface area contributed by atoms with Crippen molar-refractivity contribution in [1.29, 1.82) is 0 Å². The number of hydrogen-bond donors (Lipinski definition) is 2. The third-order valence-electron chi connectivity index (χ3n) is 2.81. The van der Waals surface area contributed by atoms with E-state index in [1.807, 2.05) is 18.2 Å². The SMILES string of the molecule is CCNC(=NCCc1ccc(OC)c(OC)c1)NCC.I. The van der Waals surface area contributed by atoms with E-state index in [0.717, 1.165) is 43.5 Å². The van der Waals surface area contributed by atoms with Gasteiger partial charge in [0.15, 0.2) is 17.5 Å². The van der Waals surface area contributed by atoms with Gasteiger partial charge < -0.3 is 20.1 Å². The Labute approximate surface area is 144 Å². The number of ether oxygens (including phenoxy) is 2. The molecule has 6 heteroatoms. The lowest BCUT2D eigenvalue weighted by molar-refractivity contribution is 0.354. The molecule has 0 bridgehead atoms. The van der Waals surface area contributed by atoms with E-state index in [2.05, 4.69) is 29.5 Å². The number of nitrogens with zero attached hydrogens (tertiary/aromatic N) is 1. The first-order valence-corrected chi connectivity index (χ1v) is 6.98. The van der Waals surface area contributed by atoms with Crippen molar-refractivity contribution < 1.29 is 9.47 Å². The molecular weight excluding hydrogens is 381 g/mol. The highest BCUT2D eigenvalue weighted by Crippen LogP contribution is 2.27. The fraction of sp³-hybridized carbons (Fsp3) is 0.533. The van der Waals surface area contributed by atoms with Crippen molar-refractivity contribution in [3.63, 3.8) is 0 Å². The first-order valence-electron chi connectivity index (χ1n) is 6.98. The fourth-order valence-corrected chi connectivity index (χ4v) is 1.84. The van der Waals surface area contributed by atoms with Crippen LogP contribution in [0.1, 0.15) is 19.4 Å². The van der Waals surface area contributed by atoms with Gasteiger partial charge in [0.1, 0.15) is 0 Å². The molecule has 1 aromatic carbocycles. The molecule has 2 N–H and O–H groups in total. The summed E-state index contributed by atoms with van der Waals surface area (Å²) in [5.74, 6) is 2.36. The number of methoxy groups -OCH3 is 2. The molecule has 0 aliphatic carbocycles. The summed E-state index contributed by atoms with van der Waals surface area (Å²) in [6.45, 7) is 6.57. The summed E-state index contributed by atoms with van der Waals surface area (Å²) in [5.41, 5.74) is 1.18. The van der Waals surface area contributed by atoms with Crippen LogP contribution < -0.4 is 20.1 Å². The maximum Gasteiger partial charge on any atom is 0.191 e. The maximum absolute atomic E-state index is 5.30. The molecule has 0 saturated heterocycles. The van der Waals surface area contributed by atoms with Crippen LogP contribution in [0, 0.1) is 0 Å². The van der Waals surface area contributed by atoms with Crippen LogP contribution in [-0.4, -0.2) is 39.8 Å². The van der Waals surface area contributed by atoms with Gasteiger partial charge in [0.05, 0.1) is 14.2 Å². The number of halogens is 1. The normalized spacial score (nSPS) is 9.33. The van der Waals surface area contributed by atoms with Crippen molar-refractivity contribution in [2.24, 2.45) is 4.99 Å². The summed E-state index contributed by atoms with van der Waals surface area (Å²) in [7, 11) is 3.29. The summed E-state index contributed by atoms with van der Waals surface area (Å²) in [4.78, 5) is 4.52. The van der Waals surface area contributed by atoms with Crippen LogP contribution in [0.5, 0.6) is 11.5 Å². The fourth-order valence-electron chi connectivity index (χ4n) is 1.84. The number of nitrogens with one attached hydrogen (secondary N) is 2. The van der Waals surface area contributed by atoms with Crippen LogP contribution in [-0.2, 0) is 6.42 Å². The molecule has 0 spiro atoms. The Balaban J connectivity index is 0.00000400. The monoisotopic (exact) mass is 407 g/mol. The molecule has 0 fully saturated rings. The van der Waals surface area contributed by atoms with Gasteiger partial charge in [-0.05, 0) is 38.0 Å². The second-order valence-electron chi connectivity index (χ2n) is 4.23. The molecule has 0 amide bonds. The van der Waals surface area contributed by atoms with Crippen LogP contribution in [0.4, 0.5) is 0 Å². The van der Waals surface area contributed by atoms with Crippen LogP contribution in [0.15, 0.2) is 23.2 Å². The predicted molar refractivity (Wildman–Crippen MR) is 98.3 cm³/mol. The molecule has 1 aromatic rings. The Morgan fingerprint density at radius 2 is 1.67 bits per heavy atom. The number of benzene rings is 1. The highest BCUT2D eigenvalue weighted by molar-refractivity contribution is 14.0. The minimum Gasteiger partial charge on any atom is -0.493 e. The number of rotatable bonds is 7. The third-order valence-corrected chi connectivity index (χ3v) is 2.81. The number of hydrogen-bond acceptors (Lipinski definition) is 3. The standard InChI is InChI=1S/C15H25N3O2.HI/c1-5-16-15(17-6-2)18-10-9-12-7-8-13(19-3)14(11-12)20-4;/h7-8,11H,5-6,9-10H2,1-4H3,(H2,16,17,18);1H. The molecule has 0 saturated carbocycles. The lowest BCUT2D eigenvalue weighted by Crippen LogP contribution is -2.37. The quantitative estimate of drug-likeness (QED) is 0.414. The molecule has 0 radical (unpaired) electrons. The van der Waals surface area contributed by atoms with Crippen LogP contribution in [0.2, 0.25) is 0 Å². The van der Waals surface area contributed by atoms with Gasteiger partial charge in [-0.1, -0.05) is 6.07 Å². The summed E-state index contributed by atoms with van der Waals surface area (Å²) >= 11 is 0. The summed E-state index contributed by atoms with van der Waals surface area (Å²) in [6.07, 6.45) is 0.862. The molecule has 0 atom stereocenters. The molecular formula is C15H26IN3O2. The molecule has 0 unspecified atom stereocenters. The van der Waals surface area contributed by atoms with E-state index >= 15 is 0 Å². The highest BCUT2D eigenvalue weighted by Gasteiger charge is 2.04.